The van der Waals surface area contributed by atoms with E-state index in [1.807, 2.05) is 23.5 Å². The molecule has 1 heterocycles. The van der Waals surface area contributed by atoms with Gasteiger partial charge in [-0.3, -0.25) is 0 Å². The van der Waals surface area contributed by atoms with Crippen molar-refractivity contribution in [2.24, 2.45) is 0 Å². The molecule has 0 saturated heterocycles. The maximum absolute atomic E-state index is 5.81. The summed E-state index contributed by atoms with van der Waals surface area (Å²) in [7, 11) is 0. The second-order valence-electron chi connectivity index (χ2n) is 3.21. The first kappa shape index (κ1) is 9.75. The van der Waals surface area contributed by atoms with Crippen LogP contribution in [0, 0.1) is 0 Å². The van der Waals surface area contributed by atoms with Gasteiger partial charge in [0.15, 0.2) is 0 Å². The van der Waals surface area contributed by atoms with E-state index in [0.29, 0.717) is 0 Å². The lowest BCUT2D eigenvalue weighted by molar-refractivity contribution is 0.981. The molecule has 72 valence electrons. The molecule has 1 aromatic carbocycles. The number of hydrogen-bond donors (Lipinski definition) is 0. The van der Waals surface area contributed by atoms with Gasteiger partial charge in [0.2, 0.25) is 0 Å². The molecule has 1 aromatic heterocycles. The lowest BCUT2D eigenvalue weighted by Crippen LogP contribution is -1.87. The standard InChI is InChI=1S/C12H11ClS/c13-11-6-3-10(4-7-11)5-8-12-2-1-9-14-12/h1-4,6-7,9H,5,8H2. The SMILES string of the molecule is Clc1ccc(CCc2cccs2)cc1. The van der Waals surface area contributed by atoms with Gasteiger partial charge in [-0.2, -0.15) is 0 Å². The first-order valence-electron chi connectivity index (χ1n) is 4.61. The van der Waals surface area contributed by atoms with E-state index in [4.69, 9.17) is 11.6 Å². The third-order valence-electron chi connectivity index (χ3n) is 2.15. The summed E-state index contributed by atoms with van der Waals surface area (Å²) in [5, 5.41) is 2.93. The minimum absolute atomic E-state index is 0.810. The predicted octanol–water partition coefficient (Wildman–Crippen LogP) is 4.19. The van der Waals surface area contributed by atoms with E-state index in [1.54, 1.807) is 0 Å². The average Bonchev–Trinajstić information content (AvgIpc) is 2.70. The number of thiophene rings is 1. The van der Waals surface area contributed by atoms with Crippen molar-refractivity contribution < 1.29 is 0 Å². The zero-order chi connectivity index (χ0) is 9.80. The van der Waals surface area contributed by atoms with Crippen LogP contribution in [0.3, 0.4) is 0 Å². The highest BCUT2D eigenvalue weighted by Crippen LogP contribution is 2.14. The van der Waals surface area contributed by atoms with Crippen molar-refractivity contribution in [1.29, 1.82) is 0 Å². The van der Waals surface area contributed by atoms with Crippen LogP contribution >= 0.6 is 22.9 Å². The second-order valence-corrected chi connectivity index (χ2v) is 4.67. The van der Waals surface area contributed by atoms with Crippen molar-refractivity contribution in [2.75, 3.05) is 0 Å². The monoisotopic (exact) mass is 222 g/mol. The molecule has 2 heteroatoms. The summed E-state index contributed by atoms with van der Waals surface area (Å²) in [6.07, 6.45) is 2.22. The molecule has 0 aliphatic carbocycles. The molecule has 0 saturated carbocycles. The van der Waals surface area contributed by atoms with Gasteiger partial charge < -0.3 is 0 Å². The van der Waals surface area contributed by atoms with Crippen molar-refractivity contribution in [3.05, 3.63) is 57.2 Å². The molecule has 14 heavy (non-hydrogen) atoms. The van der Waals surface area contributed by atoms with Gasteiger partial charge in [-0.15, -0.1) is 11.3 Å². The van der Waals surface area contributed by atoms with Crippen LogP contribution in [0.5, 0.6) is 0 Å². The van der Waals surface area contributed by atoms with E-state index >= 15 is 0 Å². The van der Waals surface area contributed by atoms with Gasteiger partial charge in [-0.1, -0.05) is 29.8 Å². The Labute approximate surface area is 93.2 Å². The maximum Gasteiger partial charge on any atom is 0.0406 e. The van der Waals surface area contributed by atoms with Crippen LogP contribution in [0.25, 0.3) is 0 Å². The topological polar surface area (TPSA) is 0 Å². The van der Waals surface area contributed by atoms with Gasteiger partial charge in [0.05, 0.1) is 0 Å². The number of aryl methyl sites for hydroxylation is 2. The molecule has 0 aliphatic heterocycles. The Morgan fingerprint density at radius 1 is 1.00 bits per heavy atom. The average molecular weight is 223 g/mol. The van der Waals surface area contributed by atoms with Crippen LogP contribution in [0.2, 0.25) is 5.02 Å². The van der Waals surface area contributed by atoms with Crippen LogP contribution in [0.4, 0.5) is 0 Å². The van der Waals surface area contributed by atoms with Gasteiger partial charge in [-0.05, 0) is 42.0 Å². The maximum atomic E-state index is 5.81. The number of rotatable bonds is 3. The van der Waals surface area contributed by atoms with Crippen LogP contribution in [0.1, 0.15) is 10.4 Å². The Balaban J connectivity index is 1.95. The fraction of sp³-hybridized carbons (Fsp3) is 0.167. The second kappa shape index (κ2) is 4.63. The summed E-state index contributed by atoms with van der Waals surface area (Å²) >= 11 is 7.63. The van der Waals surface area contributed by atoms with Crippen molar-refractivity contribution >= 4 is 22.9 Å². The van der Waals surface area contributed by atoms with Gasteiger partial charge >= 0.3 is 0 Å². The number of hydrogen-bond acceptors (Lipinski definition) is 1. The molecule has 0 radical (unpaired) electrons. The molecular weight excluding hydrogens is 212 g/mol. The van der Waals surface area contributed by atoms with Gasteiger partial charge in [-0.25, -0.2) is 0 Å². The zero-order valence-corrected chi connectivity index (χ0v) is 9.31. The van der Waals surface area contributed by atoms with Crippen molar-refractivity contribution in [1.82, 2.24) is 0 Å². The van der Waals surface area contributed by atoms with E-state index in [-0.39, 0.29) is 0 Å². The predicted molar refractivity (Wildman–Crippen MR) is 63.2 cm³/mol. The van der Waals surface area contributed by atoms with Crippen molar-refractivity contribution in [3.63, 3.8) is 0 Å². The zero-order valence-electron chi connectivity index (χ0n) is 7.74. The molecule has 2 rings (SSSR count). The van der Waals surface area contributed by atoms with E-state index in [0.717, 1.165) is 17.9 Å². The molecule has 0 unspecified atom stereocenters. The fourth-order valence-corrected chi connectivity index (χ4v) is 2.21. The van der Waals surface area contributed by atoms with Crippen molar-refractivity contribution in [3.8, 4) is 0 Å². The van der Waals surface area contributed by atoms with E-state index < -0.39 is 0 Å². The molecular formula is C12H11ClS. The Morgan fingerprint density at radius 2 is 1.79 bits per heavy atom. The third kappa shape index (κ3) is 2.60. The molecule has 2 aromatic rings. The normalized spacial score (nSPS) is 10.4. The molecule has 0 N–H and O–H groups in total. The Kier molecular flexibility index (Phi) is 3.22. The first-order valence-corrected chi connectivity index (χ1v) is 5.87. The molecule has 0 amide bonds. The first-order chi connectivity index (χ1) is 6.84. The van der Waals surface area contributed by atoms with Crippen LogP contribution in [-0.4, -0.2) is 0 Å². The Morgan fingerprint density at radius 3 is 2.43 bits per heavy atom. The number of halogens is 1. The number of benzene rings is 1. The smallest absolute Gasteiger partial charge is 0.0406 e. The van der Waals surface area contributed by atoms with Gasteiger partial charge in [0, 0.05) is 9.90 Å². The largest absolute Gasteiger partial charge is 0.149 e. The molecule has 0 atom stereocenters. The Bertz CT molecular complexity index is 375. The molecule has 0 spiro atoms. The van der Waals surface area contributed by atoms with Gasteiger partial charge in [0.1, 0.15) is 0 Å². The molecule has 0 nitrogen and oxygen atoms in total. The fourth-order valence-electron chi connectivity index (χ4n) is 1.37. The molecule has 0 fully saturated rings. The minimum Gasteiger partial charge on any atom is -0.149 e. The summed E-state index contributed by atoms with van der Waals surface area (Å²) in [5.74, 6) is 0. The van der Waals surface area contributed by atoms with Crippen LogP contribution < -0.4 is 0 Å². The summed E-state index contributed by atoms with van der Waals surface area (Å²) < 4.78 is 0. The molecule has 0 aliphatic rings. The van der Waals surface area contributed by atoms with Crippen LogP contribution in [0.15, 0.2) is 41.8 Å². The quantitative estimate of drug-likeness (QED) is 0.731. The highest BCUT2D eigenvalue weighted by Gasteiger charge is 1.96. The van der Waals surface area contributed by atoms with Crippen molar-refractivity contribution in [2.45, 2.75) is 12.8 Å². The van der Waals surface area contributed by atoms with Crippen LogP contribution in [-0.2, 0) is 12.8 Å². The Hall–Kier alpha value is -0.790. The third-order valence-corrected chi connectivity index (χ3v) is 3.34. The summed E-state index contributed by atoms with van der Waals surface area (Å²) in [6.45, 7) is 0. The molecule has 0 bridgehead atoms. The highest BCUT2D eigenvalue weighted by molar-refractivity contribution is 7.09. The van der Waals surface area contributed by atoms with Gasteiger partial charge in [0.25, 0.3) is 0 Å². The highest BCUT2D eigenvalue weighted by atomic mass is 35.5. The lowest BCUT2D eigenvalue weighted by atomic mass is 10.1. The van der Waals surface area contributed by atoms with E-state index in [1.165, 1.54) is 10.4 Å². The minimum atomic E-state index is 0.810. The van der Waals surface area contributed by atoms with E-state index in [9.17, 15) is 0 Å². The summed E-state index contributed by atoms with van der Waals surface area (Å²) in [5.41, 5.74) is 1.35. The van der Waals surface area contributed by atoms with E-state index in [2.05, 4.69) is 29.6 Å². The lowest BCUT2D eigenvalue weighted by Gasteiger charge is -1.99. The summed E-state index contributed by atoms with van der Waals surface area (Å²) in [4.78, 5) is 1.44. The summed E-state index contributed by atoms with van der Waals surface area (Å²) in [6, 6.07) is 12.4.